The van der Waals surface area contributed by atoms with Crippen molar-refractivity contribution in [3.8, 4) is 0 Å². The van der Waals surface area contributed by atoms with Crippen LogP contribution in [-0.2, 0) is 0 Å². The molecule has 0 fully saturated rings. The molecule has 0 saturated heterocycles. The van der Waals surface area contributed by atoms with Crippen molar-refractivity contribution < 1.29 is 0 Å². The molecule has 13 heavy (non-hydrogen) atoms. The van der Waals surface area contributed by atoms with Crippen molar-refractivity contribution in [2.24, 2.45) is 0 Å². The van der Waals surface area contributed by atoms with Crippen molar-refractivity contribution in [2.45, 2.75) is 34.1 Å². The molecule has 1 heterocycles. The molecule has 0 nitrogen and oxygen atoms in total. The van der Waals surface area contributed by atoms with E-state index in [-0.39, 0.29) is 0 Å². The van der Waals surface area contributed by atoms with Crippen molar-refractivity contribution in [3.05, 3.63) is 34.8 Å². The monoisotopic (exact) mass is 196 g/mol. The van der Waals surface area contributed by atoms with Gasteiger partial charge in [-0.15, -0.1) is 11.8 Å². The molecule has 0 spiro atoms. The molecule has 0 aromatic carbocycles. The second-order valence-electron chi connectivity index (χ2n) is 2.49. The predicted octanol–water partition coefficient (Wildman–Crippen LogP) is 4.56. The lowest BCUT2D eigenvalue weighted by molar-refractivity contribution is 1.19. The van der Waals surface area contributed by atoms with Crippen LogP contribution in [-0.4, -0.2) is 5.75 Å². The Morgan fingerprint density at radius 3 is 2.23 bits per heavy atom. The molecule has 1 rings (SSSR count). The van der Waals surface area contributed by atoms with E-state index in [1.165, 1.54) is 22.7 Å². The minimum absolute atomic E-state index is 1.23. The molecule has 0 unspecified atom stereocenters. The fraction of sp³-hybridized carbons (Fsp3) is 0.500. The van der Waals surface area contributed by atoms with Crippen LogP contribution in [0.15, 0.2) is 34.8 Å². The zero-order chi connectivity index (χ0) is 10.1. The van der Waals surface area contributed by atoms with E-state index >= 15 is 0 Å². The van der Waals surface area contributed by atoms with Crippen molar-refractivity contribution >= 4 is 11.8 Å². The summed E-state index contributed by atoms with van der Waals surface area (Å²) in [5, 5.41) is 0. The van der Waals surface area contributed by atoms with Gasteiger partial charge >= 0.3 is 0 Å². The van der Waals surface area contributed by atoms with E-state index in [0.29, 0.717) is 0 Å². The smallest absolute Gasteiger partial charge is 0.0101 e. The summed E-state index contributed by atoms with van der Waals surface area (Å²) in [4.78, 5) is 1.45. The van der Waals surface area contributed by atoms with Gasteiger partial charge in [-0.2, -0.15) is 0 Å². The van der Waals surface area contributed by atoms with Gasteiger partial charge in [-0.1, -0.05) is 38.2 Å². The topological polar surface area (TPSA) is 0 Å². The highest BCUT2D eigenvalue weighted by atomic mass is 32.2. The number of allylic oxidation sites excluding steroid dienone is 5. The maximum absolute atomic E-state index is 2.22. The Bertz CT molecular complexity index is 187. The molecule has 0 atom stereocenters. The molecule has 1 heteroatoms. The highest BCUT2D eigenvalue weighted by molar-refractivity contribution is 8.03. The number of hydrogen-bond donors (Lipinski definition) is 0. The van der Waals surface area contributed by atoms with Gasteiger partial charge in [0, 0.05) is 10.7 Å². The second-order valence-corrected chi connectivity index (χ2v) is 3.62. The van der Waals surface area contributed by atoms with Gasteiger partial charge in [0.1, 0.15) is 0 Å². The van der Waals surface area contributed by atoms with E-state index in [1.54, 1.807) is 0 Å². The molecular weight excluding hydrogens is 176 g/mol. The molecule has 0 aromatic heterocycles. The Labute approximate surface area is 86.8 Å². The molecule has 0 amide bonds. The van der Waals surface area contributed by atoms with E-state index < -0.39 is 0 Å². The number of rotatable bonds is 2. The largest absolute Gasteiger partial charge is 0.126 e. The van der Waals surface area contributed by atoms with Gasteiger partial charge in [0.05, 0.1) is 0 Å². The normalized spacial score (nSPS) is 16.9. The van der Waals surface area contributed by atoms with Crippen LogP contribution >= 0.6 is 11.8 Å². The van der Waals surface area contributed by atoms with Crippen LogP contribution in [0.1, 0.15) is 34.1 Å². The van der Waals surface area contributed by atoms with Crippen molar-refractivity contribution in [1.29, 1.82) is 0 Å². The third-order valence-corrected chi connectivity index (χ3v) is 2.75. The van der Waals surface area contributed by atoms with Crippen LogP contribution in [0.4, 0.5) is 0 Å². The maximum atomic E-state index is 2.22. The average Bonchev–Trinajstić information content (AvgIpc) is 2.58. The lowest BCUT2D eigenvalue weighted by atomic mass is 10.2. The first kappa shape index (κ1) is 12.6. The van der Waals surface area contributed by atoms with E-state index in [1.807, 2.05) is 25.6 Å². The summed E-state index contributed by atoms with van der Waals surface area (Å²) < 4.78 is 0. The highest BCUT2D eigenvalue weighted by Crippen LogP contribution is 2.32. The lowest BCUT2D eigenvalue weighted by Gasteiger charge is -1.93. The van der Waals surface area contributed by atoms with E-state index in [4.69, 9.17) is 0 Å². The number of hydrogen-bond acceptors (Lipinski definition) is 1. The molecular formula is C12H20S. The highest BCUT2D eigenvalue weighted by Gasteiger charge is 2.08. The molecule has 0 aliphatic carbocycles. The summed E-state index contributed by atoms with van der Waals surface area (Å²) in [6.45, 7) is 8.14. The molecule has 1 aliphatic heterocycles. The van der Waals surface area contributed by atoms with Crippen LogP contribution in [0.3, 0.4) is 0 Å². The van der Waals surface area contributed by atoms with E-state index in [9.17, 15) is 0 Å². The van der Waals surface area contributed by atoms with Gasteiger partial charge < -0.3 is 0 Å². The van der Waals surface area contributed by atoms with Gasteiger partial charge in [0.25, 0.3) is 0 Å². The van der Waals surface area contributed by atoms with Crippen LogP contribution in [0.2, 0.25) is 0 Å². The summed E-state index contributed by atoms with van der Waals surface area (Å²) in [5.74, 6) is 1.25. The summed E-state index contributed by atoms with van der Waals surface area (Å²) in [5.41, 5.74) is 1.50. The molecule has 74 valence electrons. The van der Waals surface area contributed by atoms with Gasteiger partial charge in [0.2, 0.25) is 0 Å². The molecule has 1 aliphatic rings. The predicted molar refractivity (Wildman–Crippen MR) is 65.1 cm³/mol. The standard InChI is InChI=1S/C10H14S.C2H6/c1-3-5-9-7-8-11-10(9)6-4-2;1-2/h3-6H,7-8H2,1-2H3;1-2H3/b5-3-,6-4-;. The Morgan fingerprint density at radius 1 is 1.08 bits per heavy atom. The lowest BCUT2D eigenvalue weighted by Crippen LogP contribution is -1.73. The zero-order valence-electron chi connectivity index (χ0n) is 9.13. The summed E-state index contributed by atoms with van der Waals surface area (Å²) in [6.07, 6.45) is 9.87. The molecule has 0 N–H and O–H groups in total. The summed E-state index contributed by atoms with van der Waals surface area (Å²) in [6, 6.07) is 0. The first-order valence-corrected chi connectivity index (χ1v) is 5.98. The first-order chi connectivity index (χ1) is 6.38. The van der Waals surface area contributed by atoms with Crippen LogP contribution in [0, 0.1) is 0 Å². The van der Waals surface area contributed by atoms with Gasteiger partial charge in [-0.25, -0.2) is 0 Å². The van der Waals surface area contributed by atoms with Gasteiger partial charge in [0.15, 0.2) is 0 Å². The van der Waals surface area contributed by atoms with Gasteiger partial charge in [-0.3, -0.25) is 0 Å². The minimum Gasteiger partial charge on any atom is -0.126 e. The van der Waals surface area contributed by atoms with Crippen molar-refractivity contribution in [2.75, 3.05) is 5.75 Å². The zero-order valence-corrected chi connectivity index (χ0v) is 9.95. The number of thioether (sulfide) groups is 1. The Balaban J connectivity index is 0.000000671. The fourth-order valence-corrected chi connectivity index (χ4v) is 2.29. The van der Waals surface area contributed by atoms with Crippen LogP contribution in [0.5, 0.6) is 0 Å². The second kappa shape index (κ2) is 8.18. The Morgan fingerprint density at radius 2 is 1.69 bits per heavy atom. The summed E-state index contributed by atoms with van der Waals surface area (Å²) >= 11 is 1.96. The molecule has 0 radical (unpaired) electrons. The fourth-order valence-electron chi connectivity index (χ4n) is 1.16. The summed E-state index contributed by atoms with van der Waals surface area (Å²) in [7, 11) is 0. The third kappa shape index (κ3) is 4.37. The molecule has 0 bridgehead atoms. The Kier molecular flexibility index (Phi) is 7.91. The third-order valence-electron chi connectivity index (χ3n) is 1.63. The van der Waals surface area contributed by atoms with Crippen LogP contribution < -0.4 is 0 Å². The van der Waals surface area contributed by atoms with E-state index in [0.717, 1.165) is 0 Å². The first-order valence-electron chi connectivity index (χ1n) is 5.00. The molecule has 0 aromatic rings. The van der Waals surface area contributed by atoms with Crippen molar-refractivity contribution in [1.82, 2.24) is 0 Å². The molecule has 0 saturated carbocycles. The average molecular weight is 196 g/mol. The van der Waals surface area contributed by atoms with E-state index in [2.05, 4.69) is 38.2 Å². The quantitative estimate of drug-likeness (QED) is 0.624. The SMILES string of the molecule is C/C=C\C1=C(/C=C\C)SCC1.CC. The maximum Gasteiger partial charge on any atom is 0.0101 e. The minimum atomic E-state index is 1.23. The van der Waals surface area contributed by atoms with Crippen molar-refractivity contribution in [3.63, 3.8) is 0 Å². The Hall–Kier alpha value is -0.430. The van der Waals surface area contributed by atoms with Crippen LogP contribution in [0.25, 0.3) is 0 Å². The van der Waals surface area contributed by atoms with Gasteiger partial charge in [-0.05, 0) is 25.8 Å².